The molecule has 0 aliphatic heterocycles. The number of halogens is 3. The molecule has 21 heavy (non-hydrogen) atoms. The highest BCUT2D eigenvalue weighted by atomic mass is 79.9. The fraction of sp³-hybridized carbons (Fsp3) is 0. The molecule has 0 aliphatic carbocycles. The lowest BCUT2D eigenvalue weighted by atomic mass is 10.2. The number of carbonyl (C=O) groups excluding carboxylic acids is 1. The van der Waals surface area contributed by atoms with Crippen LogP contribution in [0.1, 0.15) is 10.4 Å². The maximum atomic E-state index is 13.7. The Bertz CT molecular complexity index is 737. The van der Waals surface area contributed by atoms with E-state index >= 15 is 0 Å². The van der Waals surface area contributed by atoms with Gasteiger partial charge < -0.3 is 5.32 Å². The predicted molar refractivity (Wildman–Crippen MR) is 75.1 cm³/mol. The van der Waals surface area contributed by atoms with E-state index in [1.54, 1.807) is 12.1 Å². The van der Waals surface area contributed by atoms with Crippen molar-refractivity contribution in [2.24, 2.45) is 0 Å². The second-order valence-electron chi connectivity index (χ2n) is 4.00. The predicted octanol–water partition coefficient (Wildman–Crippen LogP) is 3.89. The highest BCUT2D eigenvalue weighted by Crippen LogP contribution is 2.29. The molecule has 2 rings (SSSR count). The lowest BCUT2D eigenvalue weighted by Gasteiger charge is -2.07. The molecule has 0 aliphatic rings. The van der Waals surface area contributed by atoms with Gasteiger partial charge in [-0.05, 0) is 18.2 Å². The Morgan fingerprint density at radius 2 is 1.95 bits per heavy atom. The van der Waals surface area contributed by atoms with Crippen molar-refractivity contribution in [3.8, 4) is 0 Å². The molecule has 0 spiro atoms. The SMILES string of the molecule is O=C(Nc1c(F)cc(F)cc1[N+](=O)[O-])c1cccc(Br)c1. The normalized spacial score (nSPS) is 10.2. The summed E-state index contributed by atoms with van der Waals surface area (Å²) in [4.78, 5) is 21.8. The second kappa shape index (κ2) is 5.96. The van der Waals surface area contributed by atoms with Crippen molar-refractivity contribution in [1.82, 2.24) is 0 Å². The Balaban J connectivity index is 2.39. The molecular weight excluding hydrogens is 350 g/mol. The Morgan fingerprint density at radius 3 is 2.57 bits per heavy atom. The summed E-state index contributed by atoms with van der Waals surface area (Å²) < 4.78 is 27.3. The van der Waals surface area contributed by atoms with Gasteiger partial charge in [0.25, 0.3) is 11.6 Å². The van der Waals surface area contributed by atoms with Gasteiger partial charge in [-0.2, -0.15) is 0 Å². The Labute approximate surface area is 125 Å². The van der Waals surface area contributed by atoms with E-state index in [4.69, 9.17) is 0 Å². The van der Waals surface area contributed by atoms with Gasteiger partial charge in [0.05, 0.1) is 11.0 Å². The summed E-state index contributed by atoms with van der Waals surface area (Å²) in [6, 6.07) is 7.17. The number of nitrogens with one attached hydrogen (secondary N) is 1. The summed E-state index contributed by atoms with van der Waals surface area (Å²) in [5, 5.41) is 12.9. The first-order valence-electron chi connectivity index (χ1n) is 5.59. The first kappa shape index (κ1) is 15.0. The van der Waals surface area contributed by atoms with Gasteiger partial charge in [0.2, 0.25) is 0 Å². The minimum atomic E-state index is -1.22. The maximum absolute atomic E-state index is 13.7. The Kier molecular flexibility index (Phi) is 4.27. The molecule has 108 valence electrons. The van der Waals surface area contributed by atoms with Gasteiger partial charge >= 0.3 is 0 Å². The molecule has 0 radical (unpaired) electrons. The van der Waals surface area contributed by atoms with Gasteiger partial charge in [-0.25, -0.2) is 8.78 Å². The number of amides is 1. The van der Waals surface area contributed by atoms with Crippen LogP contribution in [0.3, 0.4) is 0 Å². The Hall–Kier alpha value is -2.35. The lowest BCUT2D eigenvalue weighted by molar-refractivity contribution is -0.384. The zero-order valence-corrected chi connectivity index (χ0v) is 11.9. The number of anilines is 1. The molecule has 2 aromatic carbocycles. The standard InChI is InChI=1S/C13H7BrF2N2O3/c14-8-3-1-2-7(4-8)13(19)17-12-10(16)5-9(15)6-11(12)18(20)21/h1-6H,(H,17,19). The van der Waals surface area contributed by atoms with E-state index in [0.717, 1.165) is 0 Å². The summed E-state index contributed by atoms with van der Waals surface area (Å²) in [5.41, 5.74) is -1.36. The first-order chi connectivity index (χ1) is 9.88. The van der Waals surface area contributed by atoms with E-state index in [1.807, 2.05) is 0 Å². The van der Waals surface area contributed by atoms with Crippen LogP contribution in [0, 0.1) is 21.7 Å². The van der Waals surface area contributed by atoms with Crippen LogP contribution >= 0.6 is 15.9 Å². The number of rotatable bonds is 3. The van der Waals surface area contributed by atoms with Crippen molar-refractivity contribution in [3.05, 3.63) is 68.2 Å². The smallest absolute Gasteiger partial charge is 0.298 e. The highest BCUT2D eigenvalue weighted by molar-refractivity contribution is 9.10. The number of benzene rings is 2. The third-order valence-corrected chi connectivity index (χ3v) is 3.05. The van der Waals surface area contributed by atoms with Crippen LogP contribution in [-0.4, -0.2) is 10.8 Å². The molecule has 8 heteroatoms. The van der Waals surface area contributed by atoms with E-state index in [0.29, 0.717) is 16.6 Å². The third-order valence-electron chi connectivity index (χ3n) is 2.56. The van der Waals surface area contributed by atoms with Crippen molar-refractivity contribution in [1.29, 1.82) is 0 Å². The van der Waals surface area contributed by atoms with Crippen molar-refractivity contribution >= 4 is 33.2 Å². The monoisotopic (exact) mass is 356 g/mol. The van der Waals surface area contributed by atoms with Crippen LogP contribution in [0.15, 0.2) is 40.9 Å². The number of hydrogen-bond donors (Lipinski definition) is 1. The zero-order valence-electron chi connectivity index (χ0n) is 10.3. The summed E-state index contributed by atoms with van der Waals surface area (Å²) in [6.45, 7) is 0. The number of nitro benzene ring substituents is 1. The molecule has 1 amide bonds. The summed E-state index contributed by atoms with van der Waals surface area (Å²) in [5.74, 6) is -3.06. The molecule has 1 N–H and O–H groups in total. The number of nitro groups is 1. The quantitative estimate of drug-likeness (QED) is 0.669. The molecule has 0 aromatic heterocycles. The molecule has 0 saturated carbocycles. The zero-order chi connectivity index (χ0) is 15.6. The van der Waals surface area contributed by atoms with Gasteiger partial charge in [0.15, 0.2) is 11.5 Å². The number of carbonyl (C=O) groups is 1. The van der Waals surface area contributed by atoms with Crippen LogP contribution in [0.5, 0.6) is 0 Å². The van der Waals surface area contributed by atoms with E-state index in [-0.39, 0.29) is 5.56 Å². The molecule has 0 unspecified atom stereocenters. The van der Waals surface area contributed by atoms with Crippen molar-refractivity contribution in [2.45, 2.75) is 0 Å². The van der Waals surface area contributed by atoms with E-state index in [2.05, 4.69) is 21.2 Å². The largest absolute Gasteiger partial charge is 0.314 e. The van der Waals surface area contributed by atoms with Gasteiger partial charge in [0, 0.05) is 16.1 Å². The van der Waals surface area contributed by atoms with Gasteiger partial charge in [-0.1, -0.05) is 22.0 Å². The van der Waals surface area contributed by atoms with Gasteiger partial charge in [-0.3, -0.25) is 14.9 Å². The molecule has 0 heterocycles. The van der Waals surface area contributed by atoms with Gasteiger partial charge in [-0.15, -0.1) is 0 Å². The fourth-order valence-electron chi connectivity index (χ4n) is 1.64. The fourth-order valence-corrected chi connectivity index (χ4v) is 2.04. The first-order valence-corrected chi connectivity index (χ1v) is 6.38. The van der Waals surface area contributed by atoms with E-state index in [1.165, 1.54) is 12.1 Å². The van der Waals surface area contributed by atoms with E-state index < -0.39 is 33.8 Å². The van der Waals surface area contributed by atoms with Crippen LogP contribution in [0.25, 0.3) is 0 Å². The highest BCUT2D eigenvalue weighted by Gasteiger charge is 2.22. The molecule has 0 saturated heterocycles. The molecule has 5 nitrogen and oxygen atoms in total. The minimum absolute atomic E-state index is 0.169. The Morgan fingerprint density at radius 1 is 1.24 bits per heavy atom. The van der Waals surface area contributed by atoms with Crippen molar-refractivity contribution in [3.63, 3.8) is 0 Å². The molecule has 2 aromatic rings. The molecular formula is C13H7BrF2N2O3. The topological polar surface area (TPSA) is 72.2 Å². The summed E-state index contributed by atoms with van der Waals surface area (Å²) in [7, 11) is 0. The second-order valence-corrected chi connectivity index (χ2v) is 4.92. The van der Waals surface area contributed by atoms with E-state index in [9.17, 15) is 23.7 Å². The van der Waals surface area contributed by atoms with Crippen molar-refractivity contribution in [2.75, 3.05) is 5.32 Å². The number of hydrogen-bond acceptors (Lipinski definition) is 3. The molecule has 0 fully saturated rings. The van der Waals surface area contributed by atoms with Crippen LogP contribution in [0.4, 0.5) is 20.2 Å². The molecule has 0 bridgehead atoms. The number of nitrogens with zero attached hydrogens (tertiary/aromatic N) is 1. The van der Waals surface area contributed by atoms with Crippen LogP contribution in [-0.2, 0) is 0 Å². The average Bonchev–Trinajstić information content (AvgIpc) is 2.41. The maximum Gasteiger partial charge on any atom is 0.298 e. The average molecular weight is 357 g/mol. The van der Waals surface area contributed by atoms with Crippen LogP contribution in [0.2, 0.25) is 0 Å². The van der Waals surface area contributed by atoms with Crippen LogP contribution < -0.4 is 5.32 Å². The minimum Gasteiger partial charge on any atom is -0.314 e. The van der Waals surface area contributed by atoms with Gasteiger partial charge in [0.1, 0.15) is 5.82 Å². The summed E-state index contributed by atoms with van der Waals surface area (Å²) in [6.07, 6.45) is 0. The molecule has 0 atom stereocenters. The summed E-state index contributed by atoms with van der Waals surface area (Å²) >= 11 is 3.17. The third kappa shape index (κ3) is 3.40. The lowest BCUT2D eigenvalue weighted by Crippen LogP contribution is -2.14. The van der Waals surface area contributed by atoms with Crippen molar-refractivity contribution < 1.29 is 18.5 Å².